The standard InChI is InChI=1S/C23H24FN3O5/c1-23(2,3)32-19(28)11-14-4-9-18-16(10-14)12-27(21(18)30)13-25-22(31)26-20(29)15-5-7-17(24)8-6-15/h4-10H,11-13H2,1-3H3,(H2,25,26,29,31). The van der Waals surface area contributed by atoms with Gasteiger partial charge < -0.3 is 15.0 Å². The molecule has 0 aromatic heterocycles. The van der Waals surface area contributed by atoms with E-state index in [4.69, 9.17) is 4.74 Å². The summed E-state index contributed by atoms with van der Waals surface area (Å²) < 4.78 is 18.3. The molecule has 0 unspecified atom stereocenters. The summed E-state index contributed by atoms with van der Waals surface area (Å²) in [6, 6.07) is 9.08. The summed E-state index contributed by atoms with van der Waals surface area (Å²) in [6.07, 6.45) is 0.0882. The molecule has 0 saturated carbocycles. The molecule has 2 aromatic carbocycles. The van der Waals surface area contributed by atoms with Crippen LogP contribution in [0.25, 0.3) is 0 Å². The van der Waals surface area contributed by atoms with Gasteiger partial charge in [0.05, 0.1) is 13.1 Å². The highest BCUT2D eigenvalue weighted by atomic mass is 19.1. The second kappa shape index (κ2) is 9.17. The van der Waals surface area contributed by atoms with Gasteiger partial charge in [0.1, 0.15) is 11.4 Å². The molecule has 3 rings (SSSR count). The first-order valence-corrected chi connectivity index (χ1v) is 9.99. The molecule has 2 N–H and O–H groups in total. The summed E-state index contributed by atoms with van der Waals surface area (Å²) in [5, 5.41) is 4.58. The van der Waals surface area contributed by atoms with Crippen LogP contribution >= 0.6 is 0 Å². The zero-order valence-corrected chi connectivity index (χ0v) is 18.0. The number of carbonyl (C=O) groups excluding carboxylic acids is 4. The zero-order chi connectivity index (χ0) is 23.5. The molecule has 1 heterocycles. The highest BCUT2D eigenvalue weighted by Gasteiger charge is 2.28. The van der Waals surface area contributed by atoms with Gasteiger partial charge in [0.25, 0.3) is 11.8 Å². The Morgan fingerprint density at radius 2 is 1.78 bits per heavy atom. The molecule has 0 saturated heterocycles. The van der Waals surface area contributed by atoms with Crippen molar-refractivity contribution in [1.29, 1.82) is 0 Å². The fraction of sp³-hybridized carbons (Fsp3) is 0.304. The number of nitrogens with one attached hydrogen (secondary N) is 2. The van der Waals surface area contributed by atoms with Crippen molar-refractivity contribution in [2.45, 2.75) is 39.3 Å². The van der Waals surface area contributed by atoms with Gasteiger partial charge in [0, 0.05) is 17.7 Å². The molecule has 0 fully saturated rings. The minimum Gasteiger partial charge on any atom is -0.460 e. The van der Waals surface area contributed by atoms with Crippen LogP contribution in [-0.4, -0.2) is 41.0 Å². The Morgan fingerprint density at radius 1 is 1.09 bits per heavy atom. The first kappa shape index (κ1) is 22.9. The van der Waals surface area contributed by atoms with Crippen LogP contribution in [0.3, 0.4) is 0 Å². The van der Waals surface area contributed by atoms with Crippen LogP contribution in [-0.2, 0) is 22.5 Å². The predicted molar refractivity (Wildman–Crippen MR) is 113 cm³/mol. The van der Waals surface area contributed by atoms with E-state index >= 15 is 0 Å². The molecule has 4 amide bonds. The molecule has 0 spiro atoms. The number of amides is 4. The fourth-order valence-electron chi connectivity index (χ4n) is 3.20. The Morgan fingerprint density at radius 3 is 2.44 bits per heavy atom. The third-order valence-corrected chi connectivity index (χ3v) is 4.58. The Bertz CT molecular complexity index is 1060. The third kappa shape index (κ3) is 5.90. The Labute approximate surface area is 184 Å². The molecular weight excluding hydrogens is 417 g/mol. The Hall–Kier alpha value is -3.75. The summed E-state index contributed by atoms with van der Waals surface area (Å²) in [4.78, 5) is 50.0. The first-order chi connectivity index (χ1) is 15.0. The van der Waals surface area contributed by atoms with Gasteiger partial charge in [-0.15, -0.1) is 0 Å². The van der Waals surface area contributed by atoms with E-state index < -0.39 is 23.4 Å². The van der Waals surface area contributed by atoms with Gasteiger partial charge in [0.15, 0.2) is 0 Å². The summed E-state index contributed by atoms with van der Waals surface area (Å²) in [5.41, 5.74) is 1.50. The highest BCUT2D eigenvalue weighted by Crippen LogP contribution is 2.24. The van der Waals surface area contributed by atoms with E-state index in [0.717, 1.165) is 23.3 Å². The molecule has 32 heavy (non-hydrogen) atoms. The molecular formula is C23H24FN3O5. The van der Waals surface area contributed by atoms with Crippen molar-refractivity contribution in [1.82, 2.24) is 15.5 Å². The highest BCUT2D eigenvalue weighted by molar-refractivity contribution is 6.04. The maximum absolute atomic E-state index is 12.9. The molecule has 9 heteroatoms. The molecule has 1 aliphatic heterocycles. The number of hydrogen-bond donors (Lipinski definition) is 2. The van der Waals surface area contributed by atoms with Crippen LogP contribution < -0.4 is 10.6 Å². The number of hydrogen-bond acceptors (Lipinski definition) is 5. The van der Waals surface area contributed by atoms with E-state index in [1.54, 1.807) is 39.0 Å². The molecule has 1 aliphatic rings. The monoisotopic (exact) mass is 441 g/mol. The maximum Gasteiger partial charge on any atom is 0.323 e. The second-order valence-corrected chi connectivity index (χ2v) is 8.38. The molecule has 0 radical (unpaired) electrons. The predicted octanol–water partition coefficient (Wildman–Crippen LogP) is 2.76. The number of nitrogens with zero attached hydrogens (tertiary/aromatic N) is 1. The minimum absolute atomic E-state index is 0.0882. The number of halogens is 1. The third-order valence-electron chi connectivity index (χ3n) is 4.58. The second-order valence-electron chi connectivity index (χ2n) is 8.38. The van der Waals surface area contributed by atoms with Gasteiger partial charge in [-0.2, -0.15) is 0 Å². The average molecular weight is 441 g/mol. The Kier molecular flexibility index (Phi) is 6.57. The van der Waals surface area contributed by atoms with Crippen molar-refractivity contribution in [3.8, 4) is 0 Å². The normalized spacial score (nSPS) is 12.9. The zero-order valence-electron chi connectivity index (χ0n) is 18.0. The van der Waals surface area contributed by atoms with Gasteiger partial charge in [-0.25, -0.2) is 9.18 Å². The molecule has 2 aromatic rings. The van der Waals surface area contributed by atoms with Crippen molar-refractivity contribution in [3.05, 3.63) is 70.5 Å². The van der Waals surface area contributed by atoms with E-state index in [9.17, 15) is 23.6 Å². The smallest absolute Gasteiger partial charge is 0.323 e. The number of ether oxygens (including phenoxy) is 1. The number of benzene rings is 2. The molecule has 168 valence electrons. The maximum atomic E-state index is 12.9. The lowest BCUT2D eigenvalue weighted by Gasteiger charge is -2.19. The van der Waals surface area contributed by atoms with Gasteiger partial charge in [0.2, 0.25) is 0 Å². The van der Waals surface area contributed by atoms with Crippen LogP contribution in [0.2, 0.25) is 0 Å². The molecule has 0 aliphatic carbocycles. The Balaban J connectivity index is 1.54. The van der Waals surface area contributed by atoms with Crippen LogP contribution in [0.4, 0.5) is 9.18 Å². The van der Waals surface area contributed by atoms with E-state index in [2.05, 4.69) is 10.6 Å². The molecule has 0 atom stereocenters. The van der Waals surface area contributed by atoms with Crippen LogP contribution in [0.1, 0.15) is 52.6 Å². The summed E-state index contributed by atoms with van der Waals surface area (Å²) in [5.74, 6) is -1.81. The van der Waals surface area contributed by atoms with Crippen LogP contribution in [0, 0.1) is 5.82 Å². The number of rotatable bonds is 5. The fourth-order valence-corrected chi connectivity index (χ4v) is 3.20. The number of urea groups is 1. The number of esters is 1. The topological polar surface area (TPSA) is 105 Å². The number of imide groups is 1. The lowest BCUT2D eigenvalue weighted by molar-refractivity contribution is -0.153. The van der Waals surface area contributed by atoms with E-state index in [0.29, 0.717) is 5.56 Å². The SMILES string of the molecule is CC(C)(C)OC(=O)Cc1ccc2c(c1)CN(CNC(=O)NC(=O)c1ccc(F)cc1)C2=O. The van der Waals surface area contributed by atoms with Crippen molar-refractivity contribution in [3.63, 3.8) is 0 Å². The van der Waals surface area contributed by atoms with Gasteiger partial charge in [-0.05, 0) is 62.2 Å². The average Bonchev–Trinajstić information content (AvgIpc) is 3.00. The van der Waals surface area contributed by atoms with E-state index in [1.807, 2.05) is 0 Å². The number of carbonyl (C=O) groups is 4. The molecule has 8 nitrogen and oxygen atoms in total. The van der Waals surface area contributed by atoms with Gasteiger partial charge in [-0.1, -0.05) is 12.1 Å². The van der Waals surface area contributed by atoms with Crippen molar-refractivity contribution in [2.75, 3.05) is 6.67 Å². The van der Waals surface area contributed by atoms with Gasteiger partial charge in [-0.3, -0.25) is 19.7 Å². The first-order valence-electron chi connectivity index (χ1n) is 9.99. The van der Waals surface area contributed by atoms with Gasteiger partial charge >= 0.3 is 12.0 Å². The number of fused-ring (bicyclic) bond motifs is 1. The summed E-state index contributed by atoms with van der Waals surface area (Å²) in [7, 11) is 0. The lowest BCUT2D eigenvalue weighted by atomic mass is 10.0. The summed E-state index contributed by atoms with van der Waals surface area (Å²) >= 11 is 0. The van der Waals surface area contributed by atoms with Crippen LogP contribution in [0.5, 0.6) is 0 Å². The molecule has 0 bridgehead atoms. The van der Waals surface area contributed by atoms with E-state index in [-0.39, 0.29) is 37.1 Å². The van der Waals surface area contributed by atoms with Crippen LogP contribution in [0.15, 0.2) is 42.5 Å². The lowest BCUT2D eigenvalue weighted by Crippen LogP contribution is -2.44. The van der Waals surface area contributed by atoms with Crippen molar-refractivity contribution in [2.24, 2.45) is 0 Å². The quantitative estimate of drug-likeness (QED) is 0.695. The minimum atomic E-state index is -0.784. The largest absolute Gasteiger partial charge is 0.460 e. The van der Waals surface area contributed by atoms with Crippen molar-refractivity contribution < 1.29 is 28.3 Å². The van der Waals surface area contributed by atoms with E-state index in [1.165, 1.54) is 17.0 Å². The van der Waals surface area contributed by atoms with Crippen molar-refractivity contribution >= 4 is 23.8 Å². The summed E-state index contributed by atoms with van der Waals surface area (Å²) in [6.45, 7) is 5.52.